The average Bonchev–Trinajstić information content (AvgIpc) is 3.49. The van der Waals surface area contributed by atoms with Crippen LogP contribution in [-0.2, 0) is 4.79 Å². The average molecular weight is 335 g/mol. The van der Waals surface area contributed by atoms with E-state index in [2.05, 4.69) is 17.1 Å². The third-order valence-corrected chi connectivity index (χ3v) is 5.14. The molecule has 5 heteroatoms. The van der Waals surface area contributed by atoms with Crippen LogP contribution in [0.15, 0.2) is 54.9 Å². The number of pyridine rings is 1. The standard InChI is InChI=1S/C20H21N3O2/c24-19(16-6-8-21-9-7-16)22-10-12-23(13-11-22)20(25)18-14-17(18)15-4-2-1-3-5-15/h1-9,17-18H,10-14H2. The predicted octanol–water partition coefficient (Wildman–Crippen LogP) is 2.17. The minimum Gasteiger partial charge on any atom is -0.339 e. The van der Waals surface area contributed by atoms with Gasteiger partial charge in [0.05, 0.1) is 0 Å². The number of carbonyl (C=O) groups excluding carboxylic acids is 2. The Kier molecular flexibility index (Phi) is 4.22. The van der Waals surface area contributed by atoms with Crippen molar-refractivity contribution in [1.82, 2.24) is 14.8 Å². The predicted molar refractivity (Wildman–Crippen MR) is 94.0 cm³/mol. The lowest BCUT2D eigenvalue weighted by Gasteiger charge is -2.35. The van der Waals surface area contributed by atoms with Gasteiger partial charge in [0.2, 0.25) is 5.91 Å². The number of benzene rings is 1. The number of hydrogen-bond acceptors (Lipinski definition) is 3. The van der Waals surface area contributed by atoms with E-state index in [1.165, 1.54) is 5.56 Å². The molecule has 2 aromatic rings. The zero-order valence-corrected chi connectivity index (χ0v) is 14.0. The van der Waals surface area contributed by atoms with Gasteiger partial charge >= 0.3 is 0 Å². The molecular weight excluding hydrogens is 314 g/mol. The molecule has 128 valence electrons. The molecule has 1 aliphatic heterocycles. The second kappa shape index (κ2) is 6.67. The first-order valence-corrected chi connectivity index (χ1v) is 8.77. The van der Waals surface area contributed by atoms with Gasteiger partial charge in [-0.25, -0.2) is 0 Å². The van der Waals surface area contributed by atoms with Crippen LogP contribution in [0, 0.1) is 5.92 Å². The fraction of sp³-hybridized carbons (Fsp3) is 0.350. The molecular formula is C20H21N3O2. The lowest BCUT2D eigenvalue weighted by atomic mass is 10.1. The van der Waals surface area contributed by atoms with Crippen LogP contribution in [0.3, 0.4) is 0 Å². The van der Waals surface area contributed by atoms with E-state index in [0.29, 0.717) is 37.7 Å². The highest BCUT2D eigenvalue weighted by Gasteiger charge is 2.46. The molecule has 1 aliphatic carbocycles. The van der Waals surface area contributed by atoms with Crippen molar-refractivity contribution in [3.63, 3.8) is 0 Å². The third-order valence-electron chi connectivity index (χ3n) is 5.14. The Bertz CT molecular complexity index is 755. The van der Waals surface area contributed by atoms with E-state index in [-0.39, 0.29) is 17.7 Å². The maximum absolute atomic E-state index is 12.7. The molecule has 1 aromatic carbocycles. The third kappa shape index (κ3) is 3.27. The topological polar surface area (TPSA) is 53.5 Å². The molecule has 1 saturated carbocycles. The van der Waals surface area contributed by atoms with Gasteiger partial charge in [0.15, 0.2) is 0 Å². The van der Waals surface area contributed by atoms with Gasteiger partial charge < -0.3 is 9.80 Å². The van der Waals surface area contributed by atoms with Crippen LogP contribution in [0.2, 0.25) is 0 Å². The lowest BCUT2D eigenvalue weighted by Crippen LogP contribution is -2.51. The smallest absolute Gasteiger partial charge is 0.254 e. The molecule has 25 heavy (non-hydrogen) atoms. The molecule has 2 aliphatic rings. The second-order valence-electron chi connectivity index (χ2n) is 6.71. The Morgan fingerprint density at radius 2 is 1.52 bits per heavy atom. The molecule has 2 amide bonds. The Labute approximate surface area is 147 Å². The van der Waals surface area contributed by atoms with Gasteiger partial charge in [0, 0.05) is 50.1 Å². The van der Waals surface area contributed by atoms with Crippen molar-refractivity contribution in [2.24, 2.45) is 5.92 Å². The first kappa shape index (κ1) is 15.8. The first-order chi connectivity index (χ1) is 12.2. The van der Waals surface area contributed by atoms with Gasteiger partial charge in [-0.3, -0.25) is 14.6 Å². The van der Waals surface area contributed by atoms with Crippen molar-refractivity contribution in [3.05, 3.63) is 66.0 Å². The van der Waals surface area contributed by atoms with E-state index in [1.54, 1.807) is 24.5 Å². The molecule has 2 heterocycles. The zero-order chi connectivity index (χ0) is 17.2. The maximum atomic E-state index is 12.7. The van der Waals surface area contributed by atoms with Gasteiger partial charge in [-0.05, 0) is 30.0 Å². The van der Waals surface area contributed by atoms with Crippen LogP contribution in [0.4, 0.5) is 0 Å². The fourth-order valence-corrected chi connectivity index (χ4v) is 3.58. The van der Waals surface area contributed by atoms with E-state index >= 15 is 0 Å². The summed E-state index contributed by atoms with van der Waals surface area (Å²) in [4.78, 5) is 32.8. The van der Waals surface area contributed by atoms with E-state index in [4.69, 9.17) is 0 Å². The van der Waals surface area contributed by atoms with Crippen LogP contribution < -0.4 is 0 Å². The number of piperazine rings is 1. The van der Waals surface area contributed by atoms with Gasteiger partial charge in [-0.2, -0.15) is 0 Å². The largest absolute Gasteiger partial charge is 0.339 e. The highest BCUT2D eigenvalue weighted by atomic mass is 16.2. The van der Waals surface area contributed by atoms with E-state index in [0.717, 1.165) is 6.42 Å². The summed E-state index contributed by atoms with van der Waals surface area (Å²) in [7, 11) is 0. The van der Waals surface area contributed by atoms with Crippen molar-refractivity contribution in [3.8, 4) is 0 Å². The van der Waals surface area contributed by atoms with Crippen molar-refractivity contribution in [2.75, 3.05) is 26.2 Å². The molecule has 0 bridgehead atoms. The molecule has 0 N–H and O–H groups in total. The van der Waals surface area contributed by atoms with Crippen molar-refractivity contribution in [1.29, 1.82) is 0 Å². The summed E-state index contributed by atoms with van der Waals surface area (Å²) in [6.45, 7) is 2.42. The number of nitrogens with zero attached hydrogens (tertiary/aromatic N) is 3. The summed E-state index contributed by atoms with van der Waals surface area (Å²) in [5.41, 5.74) is 1.91. The minimum absolute atomic E-state index is 0.0167. The summed E-state index contributed by atoms with van der Waals surface area (Å²) in [5.74, 6) is 0.739. The van der Waals surface area contributed by atoms with E-state index in [1.807, 2.05) is 28.0 Å². The molecule has 0 spiro atoms. The number of hydrogen-bond donors (Lipinski definition) is 0. The monoisotopic (exact) mass is 335 g/mol. The summed E-state index contributed by atoms with van der Waals surface area (Å²) in [5, 5.41) is 0. The van der Waals surface area contributed by atoms with E-state index in [9.17, 15) is 9.59 Å². The molecule has 0 radical (unpaired) electrons. The lowest BCUT2D eigenvalue weighted by molar-refractivity contribution is -0.134. The van der Waals surface area contributed by atoms with Crippen LogP contribution in [0.5, 0.6) is 0 Å². The molecule has 2 fully saturated rings. The van der Waals surface area contributed by atoms with Crippen LogP contribution in [0.1, 0.15) is 28.3 Å². The van der Waals surface area contributed by atoms with E-state index < -0.39 is 0 Å². The highest BCUT2D eigenvalue weighted by Crippen LogP contribution is 2.48. The van der Waals surface area contributed by atoms with Gasteiger partial charge in [0.1, 0.15) is 0 Å². The molecule has 2 atom stereocenters. The second-order valence-corrected chi connectivity index (χ2v) is 6.71. The number of carbonyl (C=O) groups is 2. The fourth-order valence-electron chi connectivity index (χ4n) is 3.58. The molecule has 1 aromatic heterocycles. The number of amides is 2. The number of aromatic nitrogens is 1. The Hall–Kier alpha value is -2.69. The van der Waals surface area contributed by atoms with Gasteiger partial charge in [-0.15, -0.1) is 0 Å². The molecule has 2 unspecified atom stereocenters. The summed E-state index contributed by atoms with van der Waals surface area (Å²) in [6, 6.07) is 13.7. The molecule has 5 nitrogen and oxygen atoms in total. The van der Waals surface area contributed by atoms with Crippen LogP contribution in [-0.4, -0.2) is 52.8 Å². The van der Waals surface area contributed by atoms with Crippen molar-refractivity contribution < 1.29 is 9.59 Å². The summed E-state index contributed by atoms with van der Waals surface area (Å²) >= 11 is 0. The normalized spacial score (nSPS) is 22.6. The first-order valence-electron chi connectivity index (χ1n) is 8.77. The maximum Gasteiger partial charge on any atom is 0.254 e. The van der Waals surface area contributed by atoms with Gasteiger partial charge in [-0.1, -0.05) is 30.3 Å². The highest BCUT2D eigenvalue weighted by molar-refractivity contribution is 5.94. The Morgan fingerprint density at radius 3 is 2.20 bits per heavy atom. The van der Waals surface area contributed by atoms with Crippen LogP contribution >= 0.6 is 0 Å². The van der Waals surface area contributed by atoms with Crippen molar-refractivity contribution >= 4 is 11.8 Å². The molecule has 4 rings (SSSR count). The Balaban J connectivity index is 1.32. The quantitative estimate of drug-likeness (QED) is 0.864. The minimum atomic E-state index is 0.0167. The Morgan fingerprint density at radius 1 is 0.880 bits per heavy atom. The summed E-state index contributed by atoms with van der Waals surface area (Å²) < 4.78 is 0. The van der Waals surface area contributed by atoms with Crippen molar-refractivity contribution in [2.45, 2.75) is 12.3 Å². The summed E-state index contributed by atoms with van der Waals surface area (Å²) in [6.07, 6.45) is 4.20. The SMILES string of the molecule is O=C(c1ccncc1)N1CCN(C(=O)C2CC2c2ccccc2)CC1. The van der Waals surface area contributed by atoms with Gasteiger partial charge in [0.25, 0.3) is 5.91 Å². The zero-order valence-electron chi connectivity index (χ0n) is 14.0. The molecule has 1 saturated heterocycles. The number of rotatable bonds is 3. The van der Waals surface area contributed by atoms with Crippen LogP contribution in [0.25, 0.3) is 0 Å².